The van der Waals surface area contributed by atoms with Crippen LogP contribution in [0.5, 0.6) is 0 Å². The van der Waals surface area contributed by atoms with Crippen molar-refractivity contribution >= 4 is 22.2 Å². The largest absolute Gasteiger partial charge is 0.378 e. The van der Waals surface area contributed by atoms with E-state index in [1.165, 1.54) is 0 Å². The predicted molar refractivity (Wildman–Crippen MR) is 72.1 cm³/mol. The van der Waals surface area contributed by atoms with Crippen molar-refractivity contribution in [1.29, 1.82) is 0 Å². The van der Waals surface area contributed by atoms with Crippen LogP contribution in [0.25, 0.3) is 4.96 Å². The summed E-state index contributed by atoms with van der Waals surface area (Å²) in [7, 11) is 0. The molecule has 1 amide bonds. The van der Waals surface area contributed by atoms with Gasteiger partial charge in [0.1, 0.15) is 0 Å². The summed E-state index contributed by atoms with van der Waals surface area (Å²) in [5.74, 6) is 0.0272. The molecule has 3 heterocycles. The van der Waals surface area contributed by atoms with Crippen molar-refractivity contribution in [2.24, 2.45) is 0 Å². The number of hydrogen-bond acceptors (Lipinski definition) is 5. The Bertz CT molecular complexity index is 530. The molecule has 2 aromatic rings. The number of nitrogens with zero attached hydrogens (tertiary/aromatic N) is 2. The lowest BCUT2D eigenvalue weighted by Gasteiger charge is -2.23. The van der Waals surface area contributed by atoms with Crippen molar-refractivity contribution < 1.29 is 9.53 Å². The van der Waals surface area contributed by atoms with Gasteiger partial charge < -0.3 is 15.4 Å². The molecule has 1 saturated heterocycles. The zero-order chi connectivity index (χ0) is 13.1. The van der Waals surface area contributed by atoms with Gasteiger partial charge in [0.15, 0.2) is 4.96 Å². The van der Waals surface area contributed by atoms with E-state index in [0.29, 0.717) is 19.6 Å². The average molecular weight is 280 g/mol. The number of thiazole rings is 1. The van der Waals surface area contributed by atoms with Crippen LogP contribution in [0.4, 0.5) is 0 Å². The second-order valence-electron chi connectivity index (χ2n) is 4.53. The van der Waals surface area contributed by atoms with Gasteiger partial charge in [0.25, 0.3) is 0 Å². The molecule has 0 aromatic carbocycles. The standard InChI is InChI=1S/C12H16N4O2S/c17-11(5-9-8-18-3-1-13-9)14-6-10-7-16-2-4-19-12(16)15-10/h2,4,7,9,13H,1,3,5-6,8H2,(H,14,17)/t9-/m1/s1. The summed E-state index contributed by atoms with van der Waals surface area (Å²) < 4.78 is 7.28. The lowest BCUT2D eigenvalue weighted by Crippen LogP contribution is -2.44. The molecule has 0 aliphatic carbocycles. The van der Waals surface area contributed by atoms with Gasteiger partial charge >= 0.3 is 0 Å². The molecule has 2 N–H and O–H groups in total. The third-order valence-electron chi connectivity index (χ3n) is 3.04. The minimum Gasteiger partial charge on any atom is -0.378 e. The summed E-state index contributed by atoms with van der Waals surface area (Å²) in [6.45, 7) is 2.62. The predicted octanol–water partition coefficient (Wildman–Crippen LogP) is 0.391. The normalized spacial score (nSPS) is 19.7. The third-order valence-corrected chi connectivity index (χ3v) is 3.81. The van der Waals surface area contributed by atoms with E-state index in [1.807, 2.05) is 22.2 Å². The molecular formula is C12H16N4O2S. The lowest BCUT2D eigenvalue weighted by molar-refractivity contribution is -0.122. The van der Waals surface area contributed by atoms with Crippen molar-refractivity contribution in [3.8, 4) is 0 Å². The smallest absolute Gasteiger partial charge is 0.221 e. The summed E-state index contributed by atoms with van der Waals surface area (Å²) in [5, 5.41) is 8.14. The van der Waals surface area contributed by atoms with Crippen LogP contribution in [-0.4, -0.2) is 41.1 Å². The van der Waals surface area contributed by atoms with Crippen molar-refractivity contribution in [3.63, 3.8) is 0 Å². The lowest BCUT2D eigenvalue weighted by atomic mass is 10.2. The van der Waals surface area contributed by atoms with Gasteiger partial charge in [-0.25, -0.2) is 4.98 Å². The van der Waals surface area contributed by atoms with Crippen molar-refractivity contribution in [2.75, 3.05) is 19.8 Å². The highest BCUT2D eigenvalue weighted by Crippen LogP contribution is 2.11. The van der Waals surface area contributed by atoms with Crippen LogP contribution in [0.1, 0.15) is 12.1 Å². The van der Waals surface area contributed by atoms with E-state index >= 15 is 0 Å². The first-order valence-electron chi connectivity index (χ1n) is 6.30. The topological polar surface area (TPSA) is 67.7 Å². The molecule has 1 atom stereocenters. The zero-order valence-electron chi connectivity index (χ0n) is 10.5. The Balaban J connectivity index is 1.48. The van der Waals surface area contributed by atoms with Crippen LogP contribution < -0.4 is 10.6 Å². The summed E-state index contributed by atoms with van der Waals surface area (Å²) in [4.78, 5) is 17.2. The minimum atomic E-state index is 0.0272. The number of nitrogens with one attached hydrogen (secondary N) is 2. The summed E-state index contributed by atoms with van der Waals surface area (Å²) >= 11 is 1.58. The van der Waals surface area contributed by atoms with E-state index in [-0.39, 0.29) is 11.9 Å². The molecule has 19 heavy (non-hydrogen) atoms. The minimum absolute atomic E-state index is 0.0272. The van der Waals surface area contributed by atoms with E-state index in [1.54, 1.807) is 11.3 Å². The first kappa shape index (κ1) is 12.6. The molecule has 1 aliphatic rings. The average Bonchev–Trinajstić information content (AvgIpc) is 2.98. The van der Waals surface area contributed by atoms with Gasteiger partial charge in [0.2, 0.25) is 5.91 Å². The highest BCUT2D eigenvalue weighted by Gasteiger charge is 2.16. The molecule has 0 radical (unpaired) electrons. The fraction of sp³-hybridized carbons (Fsp3) is 0.500. The molecule has 0 bridgehead atoms. The molecular weight excluding hydrogens is 264 g/mol. The Labute approximate surface area is 114 Å². The van der Waals surface area contributed by atoms with Gasteiger partial charge in [0.05, 0.1) is 25.5 Å². The Morgan fingerprint density at radius 1 is 1.68 bits per heavy atom. The number of morpholine rings is 1. The molecule has 0 unspecified atom stereocenters. The number of hydrogen-bond donors (Lipinski definition) is 2. The number of carbonyl (C=O) groups is 1. The van der Waals surface area contributed by atoms with Crippen LogP contribution in [0, 0.1) is 0 Å². The maximum atomic E-state index is 11.8. The number of ether oxygens (including phenoxy) is 1. The fourth-order valence-electron chi connectivity index (χ4n) is 2.10. The van der Waals surface area contributed by atoms with E-state index in [2.05, 4.69) is 15.6 Å². The number of imidazole rings is 1. The van der Waals surface area contributed by atoms with E-state index in [4.69, 9.17) is 4.74 Å². The third kappa shape index (κ3) is 3.12. The highest BCUT2D eigenvalue weighted by molar-refractivity contribution is 7.15. The van der Waals surface area contributed by atoms with Crippen LogP contribution >= 0.6 is 11.3 Å². The number of aromatic nitrogens is 2. The maximum Gasteiger partial charge on any atom is 0.221 e. The quantitative estimate of drug-likeness (QED) is 0.850. The highest BCUT2D eigenvalue weighted by atomic mass is 32.1. The summed E-state index contributed by atoms with van der Waals surface area (Å²) in [6.07, 6.45) is 4.35. The molecule has 102 valence electrons. The van der Waals surface area contributed by atoms with Crippen LogP contribution in [0.2, 0.25) is 0 Å². The summed E-state index contributed by atoms with van der Waals surface area (Å²) in [6, 6.07) is 0.124. The molecule has 1 aliphatic heterocycles. The zero-order valence-corrected chi connectivity index (χ0v) is 11.3. The first-order valence-corrected chi connectivity index (χ1v) is 7.18. The van der Waals surface area contributed by atoms with Crippen LogP contribution in [0.3, 0.4) is 0 Å². The van der Waals surface area contributed by atoms with E-state index in [9.17, 15) is 4.79 Å². The number of carbonyl (C=O) groups excluding carboxylic acids is 1. The Morgan fingerprint density at radius 2 is 2.63 bits per heavy atom. The van der Waals surface area contributed by atoms with Crippen molar-refractivity contribution in [1.82, 2.24) is 20.0 Å². The molecule has 0 spiro atoms. The molecule has 7 heteroatoms. The monoisotopic (exact) mass is 280 g/mol. The van der Waals surface area contributed by atoms with Gasteiger partial charge in [0, 0.05) is 36.8 Å². The number of fused-ring (bicyclic) bond motifs is 1. The molecule has 1 fully saturated rings. The van der Waals surface area contributed by atoms with Crippen molar-refractivity contribution in [3.05, 3.63) is 23.5 Å². The van der Waals surface area contributed by atoms with Crippen molar-refractivity contribution in [2.45, 2.75) is 19.0 Å². The Morgan fingerprint density at radius 3 is 3.42 bits per heavy atom. The molecule has 3 rings (SSSR count). The van der Waals surface area contributed by atoms with Gasteiger partial charge in [-0.05, 0) is 0 Å². The molecule has 6 nitrogen and oxygen atoms in total. The van der Waals surface area contributed by atoms with Gasteiger partial charge in [-0.2, -0.15) is 0 Å². The Kier molecular flexibility index (Phi) is 3.77. The number of rotatable bonds is 4. The summed E-state index contributed by atoms with van der Waals surface area (Å²) in [5.41, 5.74) is 0.882. The SMILES string of the molecule is O=C(C[C@@H]1COCCN1)NCc1cn2ccsc2n1. The molecule has 2 aromatic heterocycles. The Hall–Kier alpha value is -1.44. The first-order chi connectivity index (χ1) is 9.31. The van der Waals surface area contributed by atoms with Gasteiger partial charge in [-0.1, -0.05) is 0 Å². The van der Waals surface area contributed by atoms with E-state index in [0.717, 1.165) is 23.8 Å². The maximum absolute atomic E-state index is 11.8. The van der Waals surface area contributed by atoms with Gasteiger partial charge in [-0.3, -0.25) is 9.20 Å². The second kappa shape index (κ2) is 5.68. The number of amides is 1. The van der Waals surface area contributed by atoms with Crippen LogP contribution in [0.15, 0.2) is 17.8 Å². The van der Waals surface area contributed by atoms with Gasteiger partial charge in [-0.15, -0.1) is 11.3 Å². The second-order valence-corrected chi connectivity index (χ2v) is 5.40. The van der Waals surface area contributed by atoms with E-state index < -0.39 is 0 Å². The van der Waals surface area contributed by atoms with Crippen LogP contribution in [-0.2, 0) is 16.1 Å². The molecule has 0 saturated carbocycles. The fourth-order valence-corrected chi connectivity index (χ4v) is 2.82.